The van der Waals surface area contributed by atoms with Crippen molar-refractivity contribution in [2.24, 2.45) is 10.2 Å². The van der Waals surface area contributed by atoms with Crippen molar-refractivity contribution in [3.05, 3.63) is 78.9 Å². The Kier molecular flexibility index (Phi) is 8.04. The first-order chi connectivity index (χ1) is 15.5. The molecule has 0 aromatic heterocycles. The molecule has 0 atom stereocenters. The Morgan fingerprint density at radius 3 is 1.48 bits per heavy atom. The number of benzene rings is 2. The molecular formula is C21H22N6O6. The first-order valence-corrected chi connectivity index (χ1v) is 9.66. The van der Waals surface area contributed by atoms with Crippen LogP contribution in [-0.4, -0.2) is 33.1 Å². The average Bonchev–Trinajstić information content (AvgIpc) is 2.76. The third kappa shape index (κ3) is 6.75. The minimum Gasteiger partial charge on any atom is -0.273 e. The molecule has 0 saturated carbocycles. The van der Waals surface area contributed by atoms with E-state index in [4.69, 9.17) is 0 Å². The van der Waals surface area contributed by atoms with Gasteiger partial charge in [0.2, 0.25) is 11.8 Å². The summed E-state index contributed by atoms with van der Waals surface area (Å²) < 4.78 is 0. The summed E-state index contributed by atoms with van der Waals surface area (Å²) >= 11 is 0. The number of hydrazone groups is 2. The molecule has 2 aromatic rings. The van der Waals surface area contributed by atoms with Crippen LogP contribution in [0.4, 0.5) is 11.4 Å². The normalized spacial score (nSPS) is 11.6. The van der Waals surface area contributed by atoms with Crippen LogP contribution in [0.2, 0.25) is 0 Å². The van der Waals surface area contributed by atoms with Gasteiger partial charge in [0, 0.05) is 34.4 Å². The lowest BCUT2D eigenvalue weighted by Gasteiger charge is -2.05. The first kappa shape index (κ1) is 24.8. The second-order valence-corrected chi connectivity index (χ2v) is 7.16. The zero-order chi connectivity index (χ0) is 24.7. The predicted octanol–water partition coefficient (Wildman–Crippen LogP) is 2.89. The van der Waals surface area contributed by atoms with Crippen LogP contribution in [0.5, 0.6) is 0 Å². The molecule has 2 amide bonds. The summed E-state index contributed by atoms with van der Waals surface area (Å²) in [5.41, 5.74) is 6.82. The molecule has 0 saturated heterocycles. The fourth-order valence-electron chi connectivity index (χ4n) is 2.71. The van der Waals surface area contributed by atoms with Crippen molar-refractivity contribution in [1.29, 1.82) is 0 Å². The molecule has 0 aliphatic heterocycles. The van der Waals surface area contributed by atoms with Crippen LogP contribution in [0.3, 0.4) is 0 Å². The fraction of sp³-hybridized carbons (Fsp3) is 0.238. The standard InChI is InChI=1S/C21H22N6O6/c1-12-5-7-16(9-18(12)26(30)31)14(3)22-24-20(28)11-21(29)25-23-15(4)17-8-6-13(2)19(10-17)27(32)33/h5-10H,11H2,1-4H3,(H,24,28)(H,25,29)/b22-14-,23-15-. The maximum absolute atomic E-state index is 12.0. The highest BCUT2D eigenvalue weighted by atomic mass is 16.6. The van der Waals surface area contributed by atoms with Crippen LogP contribution in [0.15, 0.2) is 46.6 Å². The van der Waals surface area contributed by atoms with Gasteiger partial charge in [-0.05, 0) is 27.7 Å². The number of rotatable bonds is 8. The minimum atomic E-state index is -0.715. The highest BCUT2D eigenvalue weighted by molar-refractivity contribution is 6.02. The van der Waals surface area contributed by atoms with E-state index in [0.29, 0.717) is 33.7 Å². The van der Waals surface area contributed by atoms with Gasteiger partial charge in [-0.2, -0.15) is 10.2 Å². The number of nitrogens with zero attached hydrogens (tertiary/aromatic N) is 4. The van der Waals surface area contributed by atoms with Gasteiger partial charge in [0.1, 0.15) is 6.42 Å². The van der Waals surface area contributed by atoms with E-state index < -0.39 is 28.1 Å². The number of carbonyl (C=O) groups excluding carboxylic acids is 2. The summed E-state index contributed by atoms with van der Waals surface area (Å²) in [6.07, 6.45) is -0.574. The van der Waals surface area contributed by atoms with Crippen LogP contribution in [0.25, 0.3) is 0 Å². The molecule has 0 fully saturated rings. The molecule has 0 bridgehead atoms. The van der Waals surface area contributed by atoms with E-state index in [0.717, 1.165) is 0 Å². The Balaban J connectivity index is 1.97. The van der Waals surface area contributed by atoms with E-state index in [1.54, 1.807) is 52.0 Å². The van der Waals surface area contributed by atoms with Crippen LogP contribution < -0.4 is 10.9 Å². The van der Waals surface area contributed by atoms with Gasteiger partial charge in [0.25, 0.3) is 11.4 Å². The molecule has 12 heteroatoms. The van der Waals surface area contributed by atoms with Crippen LogP contribution >= 0.6 is 0 Å². The Labute approximate surface area is 188 Å². The second kappa shape index (κ2) is 10.7. The Morgan fingerprint density at radius 2 is 1.15 bits per heavy atom. The minimum absolute atomic E-state index is 0.0695. The number of nitrogens with one attached hydrogen (secondary N) is 2. The third-order valence-corrected chi connectivity index (χ3v) is 4.66. The lowest BCUT2D eigenvalue weighted by atomic mass is 10.1. The highest BCUT2D eigenvalue weighted by Gasteiger charge is 2.14. The monoisotopic (exact) mass is 454 g/mol. The van der Waals surface area contributed by atoms with E-state index >= 15 is 0 Å². The van der Waals surface area contributed by atoms with Crippen LogP contribution in [0, 0.1) is 34.1 Å². The molecule has 2 rings (SSSR count). The molecule has 0 aliphatic carbocycles. The molecule has 2 aromatic carbocycles. The van der Waals surface area contributed by atoms with Gasteiger partial charge in [-0.15, -0.1) is 0 Å². The molecule has 33 heavy (non-hydrogen) atoms. The number of aryl methyl sites for hydroxylation is 2. The van der Waals surface area contributed by atoms with Gasteiger partial charge in [-0.3, -0.25) is 29.8 Å². The van der Waals surface area contributed by atoms with Gasteiger partial charge >= 0.3 is 0 Å². The number of nitro benzene ring substituents is 2. The quantitative estimate of drug-likeness (QED) is 0.269. The van der Waals surface area contributed by atoms with Gasteiger partial charge in [-0.25, -0.2) is 10.9 Å². The number of amides is 2. The van der Waals surface area contributed by atoms with Crippen molar-refractivity contribution in [2.45, 2.75) is 34.1 Å². The maximum atomic E-state index is 12.0. The summed E-state index contributed by atoms with van der Waals surface area (Å²) in [5.74, 6) is -1.43. The smallest absolute Gasteiger partial charge is 0.272 e. The molecule has 172 valence electrons. The second-order valence-electron chi connectivity index (χ2n) is 7.16. The summed E-state index contributed by atoms with van der Waals surface area (Å²) in [4.78, 5) is 45.1. The van der Waals surface area contributed by atoms with E-state index in [9.17, 15) is 29.8 Å². The largest absolute Gasteiger partial charge is 0.273 e. The SMILES string of the molecule is C/C(=N/NC(=O)CC(=O)N/N=C(/C)c1ccc(C)c([N+](=O)[O-])c1)c1ccc(C)c([N+](=O)[O-])c1. The van der Waals surface area contributed by atoms with Crippen molar-refractivity contribution in [1.82, 2.24) is 10.9 Å². The number of hydrogen-bond donors (Lipinski definition) is 2. The van der Waals surface area contributed by atoms with Crippen LogP contribution in [0.1, 0.15) is 42.5 Å². The molecular weight excluding hydrogens is 432 g/mol. The number of nitro groups is 2. The molecule has 12 nitrogen and oxygen atoms in total. The third-order valence-electron chi connectivity index (χ3n) is 4.66. The van der Waals surface area contributed by atoms with Crippen molar-refractivity contribution in [2.75, 3.05) is 0 Å². The summed E-state index contributed by atoms with van der Waals surface area (Å²) in [7, 11) is 0. The molecule has 0 heterocycles. The summed E-state index contributed by atoms with van der Waals surface area (Å²) in [6, 6.07) is 9.11. The van der Waals surface area contributed by atoms with Crippen molar-refractivity contribution in [3.63, 3.8) is 0 Å². The molecule has 0 radical (unpaired) electrons. The first-order valence-electron chi connectivity index (χ1n) is 9.66. The molecule has 0 spiro atoms. The zero-order valence-corrected chi connectivity index (χ0v) is 18.4. The maximum Gasteiger partial charge on any atom is 0.272 e. The molecule has 2 N–H and O–H groups in total. The topological polar surface area (TPSA) is 169 Å². The zero-order valence-electron chi connectivity index (χ0n) is 18.4. The fourth-order valence-corrected chi connectivity index (χ4v) is 2.71. The molecule has 0 unspecified atom stereocenters. The lowest BCUT2D eigenvalue weighted by Crippen LogP contribution is -2.28. The molecule has 0 aliphatic rings. The predicted molar refractivity (Wildman–Crippen MR) is 121 cm³/mol. The number of carbonyl (C=O) groups is 2. The van der Waals surface area contributed by atoms with Crippen LogP contribution in [-0.2, 0) is 9.59 Å². The van der Waals surface area contributed by atoms with Crippen molar-refractivity contribution < 1.29 is 19.4 Å². The van der Waals surface area contributed by atoms with Gasteiger partial charge in [0.05, 0.1) is 21.3 Å². The summed E-state index contributed by atoms with van der Waals surface area (Å²) in [6.45, 7) is 6.34. The van der Waals surface area contributed by atoms with E-state index in [-0.39, 0.29) is 11.4 Å². The summed E-state index contributed by atoms with van der Waals surface area (Å²) in [5, 5.41) is 29.9. The lowest BCUT2D eigenvalue weighted by molar-refractivity contribution is -0.385. The highest BCUT2D eigenvalue weighted by Crippen LogP contribution is 2.20. The Morgan fingerprint density at radius 1 is 0.788 bits per heavy atom. The Bertz CT molecular complexity index is 1100. The van der Waals surface area contributed by atoms with E-state index in [1.807, 2.05) is 0 Å². The number of hydrogen-bond acceptors (Lipinski definition) is 8. The average molecular weight is 454 g/mol. The van der Waals surface area contributed by atoms with E-state index in [2.05, 4.69) is 21.1 Å². The van der Waals surface area contributed by atoms with Gasteiger partial charge in [0.15, 0.2) is 0 Å². The Hall–Kier alpha value is -4.48. The van der Waals surface area contributed by atoms with Crippen molar-refractivity contribution in [3.8, 4) is 0 Å². The van der Waals surface area contributed by atoms with Gasteiger partial charge < -0.3 is 0 Å². The van der Waals surface area contributed by atoms with Gasteiger partial charge in [-0.1, -0.05) is 24.3 Å². The van der Waals surface area contributed by atoms with E-state index in [1.165, 1.54) is 12.1 Å². The van der Waals surface area contributed by atoms with Crippen molar-refractivity contribution >= 4 is 34.6 Å².